The minimum Gasteiger partial charge on any atom is -0.310 e. The van der Waals surface area contributed by atoms with Crippen molar-refractivity contribution < 1.29 is 4.39 Å². The Morgan fingerprint density at radius 2 is 2.15 bits per heavy atom. The normalized spacial score (nSPS) is 12.6. The zero-order valence-electron chi connectivity index (χ0n) is 12.4. The molecule has 1 aromatic carbocycles. The van der Waals surface area contributed by atoms with E-state index in [9.17, 15) is 4.39 Å². The van der Waals surface area contributed by atoms with E-state index in [1.54, 1.807) is 13.0 Å². The van der Waals surface area contributed by atoms with E-state index < -0.39 is 0 Å². The Hall–Kier alpha value is -1.68. The van der Waals surface area contributed by atoms with Crippen LogP contribution in [0.5, 0.6) is 0 Å². The monoisotopic (exact) mass is 275 g/mol. The third-order valence-electron chi connectivity index (χ3n) is 3.50. The highest BCUT2D eigenvalue weighted by molar-refractivity contribution is 5.29. The first kappa shape index (κ1) is 14.7. The second kappa shape index (κ2) is 6.66. The summed E-state index contributed by atoms with van der Waals surface area (Å²) in [4.78, 5) is 0. The molecule has 1 unspecified atom stereocenters. The molecule has 0 spiro atoms. The number of hydrogen-bond acceptors (Lipinski definition) is 2. The van der Waals surface area contributed by atoms with Crippen LogP contribution in [0.4, 0.5) is 4.39 Å². The number of rotatable bonds is 6. The van der Waals surface area contributed by atoms with Crippen LogP contribution in [-0.2, 0) is 13.0 Å². The predicted molar refractivity (Wildman–Crippen MR) is 79.2 cm³/mol. The molecular weight excluding hydrogens is 253 g/mol. The van der Waals surface area contributed by atoms with Crippen molar-refractivity contribution in [2.75, 3.05) is 6.54 Å². The van der Waals surface area contributed by atoms with Crippen LogP contribution in [0.1, 0.15) is 36.6 Å². The third kappa shape index (κ3) is 3.25. The van der Waals surface area contributed by atoms with Crippen LogP contribution >= 0.6 is 0 Å². The van der Waals surface area contributed by atoms with E-state index in [0.29, 0.717) is 5.56 Å². The maximum absolute atomic E-state index is 14.3. The number of hydrogen-bond donors (Lipinski definition) is 1. The highest BCUT2D eigenvalue weighted by Gasteiger charge is 2.17. The molecule has 1 atom stereocenters. The van der Waals surface area contributed by atoms with Gasteiger partial charge in [0.15, 0.2) is 0 Å². The number of aryl methyl sites for hydroxylation is 2. The Kier molecular flexibility index (Phi) is 4.90. The summed E-state index contributed by atoms with van der Waals surface area (Å²) < 4.78 is 16.2. The molecule has 0 radical (unpaired) electrons. The molecule has 0 aliphatic rings. The number of aromatic nitrogens is 2. The van der Waals surface area contributed by atoms with Crippen LogP contribution in [0.25, 0.3) is 0 Å². The van der Waals surface area contributed by atoms with Crippen molar-refractivity contribution in [2.24, 2.45) is 0 Å². The lowest BCUT2D eigenvalue weighted by Gasteiger charge is -2.19. The molecule has 0 amide bonds. The summed E-state index contributed by atoms with van der Waals surface area (Å²) in [5, 5.41) is 7.64. The topological polar surface area (TPSA) is 29.9 Å². The van der Waals surface area contributed by atoms with Gasteiger partial charge in [-0.3, -0.25) is 4.68 Å². The molecule has 0 fully saturated rings. The average molecular weight is 275 g/mol. The van der Waals surface area contributed by atoms with Gasteiger partial charge in [0.2, 0.25) is 0 Å². The molecule has 20 heavy (non-hydrogen) atoms. The number of nitrogens with zero attached hydrogens (tertiary/aromatic N) is 2. The van der Waals surface area contributed by atoms with E-state index in [0.717, 1.165) is 30.6 Å². The zero-order chi connectivity index (χ0) is 14.5. The zero-order valence-corrected chi connectivity index (χ0v) is 12.4. The van der Waals surface area contributed by atoms with E-state index in [4.69, 9.17) is 0 Å². The van der Waals surface area contributed by atoms with E-state index in [1.807, 2.05) is 36.1 Å². The van der Waals surface area contributed by atoms with Gasteiger partial charge in [-0.05, 0) is 37.9 Å². The molecule has 108 valence electrons. The minimum absolute atomic E-state index is 0.0191. The Balaban J connectivity index is 2.24. The van der Waals surface area contributed by atoms with Crippen LogP contribution in [0.2, 0.25) is 0 Å². The highest BCUT2D eigenvalue weighted by atomic mass is 19.1. The Bertz CT molecular complexity index is 563. The number of nitrogens with one attached hydrogen (secondary N) is 1. The summed E-state index contributed by atoms with van der Waals surface area (Å²) >= 11 is 0. The minimum atomic E-state index is -0.110. The van der Waals surface area contributed by atoms with E-state index in [-0.39, 0.29) is 11.9 Å². The molecule has 0 saturated heterocycles. The first-order valence-corrected chi connectivity index (χ1v) is 7.15. The average Bonchev–Trinajstić information content (AvgIpc) is 2.89. The van der Waals surface area contributed by atoms with E-state index in [2.05, 4.69) is 17.3 Å². The molecule has 1 aromatic heterocycles. The molecule has 0 saturated carbocycles. The lowest BCUT2D eigenvalue weighted by Crippen LogP contribution is -2.24. The maximum atomic E-state index is 14.3. The fourth-order valence-electron chi connectivity index (χ4n) is 2.40. The van der Waals surface area contributed by atoms with Crippen LogP contribution in [0.3, 0.4) is 0 Å². The molecule has 2 aromatic rings. The molecule has 4 heteroatoms. The Morgan fingerprint density at radius 1 is 1.35 bits per heavy atom. The summed E-state index contributed by atoms with van der Waals surface area (Å²) in [7, 11) is 0. The van der Waals surface area contributed by atoms with Gasteiger partial charge in [0.25, 0.3) is 0 Å². The van der Waals surface area contributed by atoms with Gasteiger partial charge >= 0.3 is 0 Å². The van der Waals surface area contributed by atoms with Gasteiger partial charge in [0, 0.05) is 24.3 Å². The molecule has 2 rings (SSSR count). The van der Waals surface area contributed by atoms with Gasteiger partial charge in [-0.2, -0.15) is 5.10 Å². The first-order valence-electron chi connectivity index (χ1n) is 7.15. The maximum Gasteiger partial charge on any atom is 0.130 e. The molecule has 1 heterocycles. The number of benzene rings is 1. The van der Waals surface area contributed by atoms with Gasteiger partial charge in [0.1, 0.15) is 5.82 Å². The van der Waals surface area contributed by atoms with Crippen molar-refractivity contribution in [3.63, 3.8) is 0 Å². The van der Waals surface area contributed by atoms with Gasteiger partial charge in [0.05, 0.1) is 6.20 Å². The number of halogens is 1. The second-order valence-corrected chi connectivity index (χ2v) is 5.00. The molecular formula is C16H22FN3. The Labute approximate surface area is 119 Å². The Morgan fingerprint density at radius 3 is 2.80 bits per heavy atom. The van der Waals surface area contributed by atoms with Crippen LogP contribution in [0, 0.1) is 12.7 Å². The molecule has 0 bridgehead atoms. The van der Waals surface area contributed by atoms with Crippen molar-refractivity contribution in [1.29, 1.82) is 0 Å². The molecule has 3 nitrogen and oxygen atoms in total. The van der Waals surface area contributed by atoms with Gasteiger partial charge in [-0.25, -0.2) is 4.39 Å². The summed E-state index contributed by atoms with van der Waals surface area (Å²) in [6.07, 6.45) is 4.63. The SMILES string of the molecule is CCNC(Cc1cnn(CC)c1)c1cccc(C)c1F. The third-order valence-corrected chi connectivity index (χ3v) is 3.50. The van der Waals surface area contributed by atoms with Crippen molar-refractivity contribution in [2.45, 2.75) is 39.8 Å². The van der Waals surface area contributed by atoms with Crippen molar-refractivity contribution in [1.82, 2.24) is 15.1 Å². The fourth-order valence-corrected chi connectivity index (χ4v) is 2.40. The van der Waals surface area contributed by atoms with E-state index in [1.165, 1.54) is 0 Å². The van der Waals surface area contributed by atoms with Gasteiger partial charge in [-0.15, -0.1) is 0 Å². The second-order valence-electron chi connectivity index (χ2n) is 5.00. The molecule has 0 aliphatic carbocycles. The largest absolute Gasteiger partial charge is 0.310 e. The molecule has 1 N–H and O–H groups in total. The van der Waals surface area contributed by atoms with Crippen molar-refractivity contribution in [3.8, 4) is 0 Å². The van der Waals surface area contributed by atoms with Crippen LogP contribution in [0.15, 0.2) is 30.6 Å². The lowest BCUT2D eigenvalue weighted by molar-refractivity contribution is 0.506. The van der Waals surface area contributed by atoms with Crippen molar-refractivity contribution >= 4 is 0 Å². The quantitative estimate of drug-likeness (QED) is 0.877. The smallest absolute Gasteiger partial charge is 0.130 e. The number of likely N-dealkylation sites (N-methyl/N-ethyl adjacent to an activating group) is 1. The van der Waals surface area contributed by atoms with Crippen LogP contribution < -0.4 is 5.32 Å². The van der Waals surface area contributed by atoms with Crippen LogP contribution in [-0.4, -0.2) is 16.3 Å². The van der Waals surface area contributed by atoms with Gasteiger partial charge in [-0.1, -0.05) is 25.1 Å². The summed E-state index contributed by atoms with van der Waals surface area (Å²) in [6, 6.07) is 5.55. The summed E-state index contributed by atoms with van der Waals surface area (Å²) in [5.74, 6) is -0.110. The van der Waals surface area contributed by atoms with E-state index >= 15 is 0 Å². The fraction of sp³-hybridized carbons (Fsp3) is 0.438. The summed E-state index contributed by atoms with van der Waals surface area (Å²) in [5.41, 5.74) is 2.55. The lowest BCUT2D eigenvalue weighted by atomic mass is 9.98. The van der Waals surface area contributed by atoms with Crippen molar-refractivity contribution in [3.05, 3.63) is 53.1 Å². The standard InChI is InChI=1S/C16H22FN3/c1-4-18-15(9-13-10-19-20(5-2)11-13)14-8-6-7-12(3)16(14)17/h6-8,10-11,15,18H,4-5,9H2,1-3H3. The van der Waals surface area contributed by atoms with Gasteiger partial charge < -0.3 is 5.32 Å². The predicted octanol–water partition coefficient (Wildman–Crippen LogP) is 3.24. The summed E-state index contributed by atoms with van der Waals surface area (Å²) in [6.45, 7) is 7.55. The highest BCUT2D eigenvalue weighted by Crippen LogP contribution is 2.23. The molecule has 0 aliphatic heterocycles. The first-order chi connectivity index (χ1) is 9.65.